The lowest BCUT2D eigenvalue weighted by atomic mass is 9.70. The van der Waals surface area contributed by atoms with Crippen LogP contribution < -0.4 is 4.90 Å². The molecule has 1 heterocycles. The van der Waals surface area contributed by atoms with E-state index in [4.69, 9.17) is 0 Å². The van der Waals surface area contributed by atoms with Crippen LogP contribution in [0.2, 0.25) is 0 Å². The fourth-order valence-corrected chi connectivity index (χ4v) is 10.3. The molecule has 11 rings (SSSR count). The van der Waals surface area contributed by atoms with Gasteiger partial charge in [-0.3, -0.25) is 0 Å². The molecule has 238 valence electrons. The highest BCUT2D eigenvalue weighted by atomic mass is 32.1. The van der Waals surface area contributed by atoms with Gasteiger partial charge in [0.1, 0.15) is 0 Å². The van der Waals surface area contributed by atoms with E-state index in [-0.39, 0.29) is 0 Å². The van der Waals surface area contributed by atoms with Gasteiger partial charge in [0.15, 0.2) is 0 Å². The molecule has 9 aromatic rings. The van der Waals surface area contributed by atoms with Crippen molar-refractivity contribution >= 4 is 49.3 Å². The van der Waals surface area contributed by atoms with Crippen LogP contribution in [0.5, 0.6) is 0 Å². The maximum atomic E-state index is 2.50. The molecule has 0 aliphatic heterocycles. The Kier molecular flexibility index (Phi) is 6.11. The smallest absolute Gasteiger partial charge is 0.0740 e. The van der Waals surface area contributed by atoms with Gasteiger partial charge in [0.2, 0.25) is 0 Å². The van der Waals surface area contributed by atoms with Crippen LogP contribution in [0.25, 0.3) is 53.6 Å². The molecule has 2 heteroatoms. The molecule has 8 aromatic carbocycles. The lowest BCUT2D eigenvalue weighted by Crippen LogP contribution is -2.26. The monoisotopic (exact) mass is 665 g/mol. The van der Waals surface area contributed by atoms with Crippen LogP contribution in [0.15, 0.2) is 188 Å². The van der Waals surface area contributed by atoms with Gasteiger partial charge in [0, 0.05) is 26.3 Å². The minimum Gasteiger partial charge on any atom is -0.310 e. The molecule has 0 radical (unpaired) electrons. The zero-order chi connectivity index (χ0) is 33.5. The molecule has 0 N–H and O–H groups in total. The number of rotatable bonds is 4. The summed E-state index contributed by atoms with van der Waals surface area (Å²) in [5.41, 5.74) is 15.0. The predicted molar refractivity (Wildman–Crippen MR) is 216 cm³/mol. The second kappa shape index (κ2) is 10.9. The zero-order valence-corrected chi connectivity index (χ0v) is 28.6. The predicted octanol–water partition coefficient (Wildman–Crippen LogP) is 13.5. The molecule has 1 nitrogen and oxygen atoms in total. The highest BCUT2D eigenvalue weighted by Crippen LogP contribution is 2.66. The fraction of sp³-hybridized carbons (Fsp3) is 0.0204. The lowest BCUT2D eigenvalue weighted by Gasteiger charge is -2.32. The van der Waals surface area contributed by atoms with Gasteiger partial charge in [-0.15, -0.1) is 11.3 Å². The molecule has 0 amide bonds. The second-order valence-electron chi connectivity index (χ2n) is 13.6. The van der Waals surface area contributed by atoms with Crippen molar-refractivity contribution in [3.63, 3.8) is 0 Å². The summed E-state index contributed by atoms with van der Waals surface area (Å²) >= 11 is 1.93. The molecule has 2 aliphatic carbocycles. The summed E-state index contributed by atoms with van der Waals surface area (Å²) in [6.45, 7) is 0. The summed E-state index contributed by atoms with van der Waals surface area (Å²) in [6.07, 6.45) is 0. The van der Waals surface area contributed by atoms with Gasteiger partial charge < -0.3 is 4.90 Å². The van der Waals surface area contributed by atoms with Gasteiger partial charge in [-0.2, -0.15) is 0 Å². The van der Waals surface area contributed by atoms with E-state index in [1.807, 2.05) is 11.3 Å². The van der Waals surface area contributed by atoms with Crippen LogP contribution in [0.4, 0.5) is 17.1 Å². The second-order valence-corrected chi connectivity index (χ2v) is 14.7. The first kappa shape index (κ1) is 28.6. The van der Waals surface area contributed by atoms with Gasteiger partial charge in [0.25, 0.3) is 0 Å². The Bertz CT molecular complexity index is 2810. The third-order valence-corrected chi connectivity index (χ3v) is 12.3. The van der Waals surface area contributed by atoms with E-state index in [0.29, 0.717) is 0 Å². The van der Waals surface area contributed by atoms with E-state index in [9.17, 15) is 0 Å². The van der Waals surface area contributed by atoms with Crippen LogP contribution in [0, 0.1) is 0 Å². The van der Waals surface area contributed by atoms with E-state index in [1.54, 1.807) is 0 Å². The molecular weight excluding hydrogens is 635 g/mol. The van der Waals surface area contributed by atoms with E-state index < -0.39 is 5.41 Å². The first-order valence-electron chi connectivity index (χ1n) is 17.6. The molecular formula is C49H31NS. The van der Waals surface area contributed by atoms with Gasteiger partial charge in [-0.05, 0) is 97.2 Å². The number of hydrogen-bond donors (Lipinski definition) is 0. The average molecular weight is 666 g/mol. The van der Waals surface area contributed by atoms with E-state index in [0.717, 1.165) is 11.4 Å². The minimum atomic E-state index is -0.422. The lowest BCUT2D eigenvalue weighted by molar-refractivity contribution is 0.802. The highest BCUT2D eigenvalue weighted by Gasteiger charge is 2.53. The largest absolute Gasteiger partial charge is 0.310 e. The van der Waals surface area contributed by atoms with E-state index in [2.05, 4.69) is 193 Å². The van der Waals surface area contributed by atoms with Crippen molar-refractivity contribution in [2.75, 3.05) is 4.90 Å². The maximum Gasteiger partial charge on any atom is 0.0740 e. The van der Waals surface area contributed by atoms with Crippen LogP contribution in [-0.2, 0) is 5.41 Å². The molecule has 1 atom stereocenters. The Balaban J connectivity index is 1.20. The molecule has 51 heavy (non-hydrogen) atoms. The number of hydrogen-bond acceptors (Lipinski definition) is 2. The van der Waals surface area contributed by atoms with Crippen molar-refractivity contribution in [1.29, 1.82) is 0 Å². The quantitative estimate of drug-likeness (QED) is 0.181. The van der Waals surface area contributed by atoms with Gasteiger partial charge in [-0.25, -0.2) is 0 Å². The fourth-order valence-electron chi connectivity index (χ4n) is 8.98. The standard InChI is InChI=1S/C49H31NS/c1-2-13-32(14-3-1)33-25-27-35(28-26-33)50(45-23-12-16-34-15-4-5-17-37(34)45)36-29-30-39-38-18-6-9-21-42(38)49(44(39)31-36)43-22-10-7-19-40(43)48-47(49)41-20-8-11-24-46(41)51-48/h1-31H. The SMILES string of the molecule is c1ccc(-c2ccc(N(c3ccc4c(c3)C3(c5ccccc5-4)c4ccccc4-c4sc5ccccc5c43)c3cccc4ccccc34)cc2)cc1. The number of benzene rings is 8. The molecule has 0 saturated heterocycles. The van der Waals surface area contributed by atoms with Crippen molar-refractivity contribution in [2.24, 2.45) is 0 Å². The maximum absolute atomic E-state index is 2.50. The van der Waals surface area contributed by atoms with Crippen LogP contribution in [-0.4, -0.2) is 0 Å². The topological polar surface area (TPSA) is 3.24 Å². The Morgan fingerprint density at radius 3 is 1.86 bits per heavy atom. The molecule has 1 spiro atoms. The van der Waals surface area contributed by atoms with Gasteiger partial charge in [0.05, 0.1) is 11.1 Å². The molecule has 0 saturated carbocycles. The normalized spacial score (nSPS) is 15.1. The minimum absolute atomic E-state index is 0.422. The Morgan fingerprint density at radius 1 is 0.412 bits per heavy atom. The van der Waals surface area contributed by atoms with E-state index >= 15 is 0 Å². The Hall–Kier alpha value is -6.22. The molecule has 0 bridgehead atoms. The average Bonchev–Trinajstić information content (AvgIpc) is 3.82. The van der Waals surface area contributed by atoms with Crippen LogP contribution in [0.1, 0.15) is 22.3 Å². The van der Waals surface area contributed by atoms with Crippen molar-refractivity contribution < 1.29 is 0 Å². The van der Waals surface area contributed by atoms with E-state index in [1.165, 1.54) is 81.5 Å². The van der Waals surface area contributed by atoms with Gasteiger partial charge in [-0.1, -0.05) is 152 Å². The van der Waals surface area contributed by atoms with Crippen molar-refractivity contribution in [3.8, 4) is 32.7 Å². The third-order valence-electron chi connectivity index (χ3n) is 11.1. The Labute approximate surface area is 301 Å². The highest BCUT2D eigenvalue weighted by molar-refractivity contribution is 7.22. The van der Waals surface area contributed by atoms with Gasteiger partial charge >= 0.3 is 0 Å². The first-order chi connectivity index (χ1) is 25.3. The summed E-state index contributed by atoms with van der Waals surface area (Å²) in [5.74, 6) is 0. The number of fused-ring (bicyclic) bond motifs is 13. The molecule has 1 unspecified atom stereocenters. The molecule has 0 fully saturated rings. The molecule has 1 aromatic heterocycles. The third kappa shape index (κ3) is 3.97. The summed E-state index contributed by atoms with van der Waals surface area (Å²) in [4.78, 5) is 3.85. The van der Waals surface area contributed by atoms with Crippen LogP contribution >= 0.6 is 11.3 Å². The summed E-state index contributed by atoms with van der Waals surface area (Å²) in [7, 11) is 0. The van der Waals surface area contributed by atoms with Crippen molar-refractivity contribution in [1.82, 2.24) is 0 Å². The number of nitrogens with zero attached hydrogens (tertiary/aromatic N) is 1. The number of thiophene rings is 1. The van der Waals surface area contributed by atoms with Crippen molar-refractivity contribution in [2.45, 2.75) is 5.41 Å². The summed E-state index contributed by atoms with van der Waals surface area (Å²) in [5, 5.41) is 3.80. The molecule has 2 aliphatic rings. The van der Waals surface area contributed by atoms with Crippen LogP contribution in [0.3, 0.4) is 0 Å². The first-order valence-corrected chi connectivity index (χ1v) is 18.4. The zero-order valence-electron chi connectivity index (χ0n) is 27.8. The Morgan fingerprint density at radius 2 is 1.02 bits per heavy atom. The van der Waals surface area contributed by atoms with Crippen molar-refractivity contribution in [3.05, 3.63) is 210 Å². The summed E-state index contributed by atoms with van der Waals surface area (Å²) < 4.78 is 1.34. The summed E-state index contributed by atoms with van der Waals surface area (Å²) in [6, 6.07) is 69.5. The number of anilines is 3.